The normalized spacial score (nSPS) is 18.6. The average molecular weight is 426 g/mol. The highest BCUT2D eigenvalue weighted by Gasteiger charge is 2.32. The van der Waals surface area contributed by atoms with Gasteiger partial charge in [0.15, 0.2) is 11.5 Å². The Balaban J connectivity index is 1.68. The summed E-state index contributed by atoms with van der Waals surface area (Å²) in [5.74, 6) is 0.958. The fraction of sp³-hybridized carbons (Fsp3) is 0.650. The van der Waals surface area contributed by atoms with E-state index in [2.05, 4.69) is 0 Å². The van der Waals surface area contributed by atoms with E-state index in [1.807, 2.05) is 18.7 Å². The lowest BCUT2D eigenvalue weighted by Gasteiger charge is -2.38. The lowest BCUT2D eigenvalue weighted by molar-refractivity contribution is 0.126. The van der Waals surface area contributed by atoms with Crippen LogP contribution in [0.1, 0.15) is 33.1 Å². The molecular formula is C20H31N3O5S. The van der Waals surface area contributed by atoms with Crippen LogP contribution in [0.25, 0.3) is 0 Å². The number of ether oxygens (including phenoxy) is 2. The van der Waals surface area contributed by atoms with Gasteiger partial charge in [0, 0.05) is 45.3 Å². The second-order valence-electron chi connectivity index (χ2n) is 7.20. The number of hydrogen-bond acceptors (Lipinski definition) is 5. The summed E-state index contributed by atoms with van der Waals surface area (Å²) in [4.78, 5) is 16.5. The molecule has 0 N–H and O–H groups in total. The smallest absolute Gasteiger partial charge is 0.320 e. The molecule has 162 valence electrons. The lowest BCUT2D eigenvalue weighted by Crippen LogP contribution is -2.54. The minimum absolute atomic E-state index is 0.0291. The zero-order valence-electron chi connectivity index (χ0n) is 17.3. The van der Waals surface area contributed by atoms with Crippen molar-refractivity contribution in [2.75, 3.05) is 52.5 Å². The van der Waals surface area contributed by atoms with Crippen molar-refractivity contribution in [1.82, 2.24) is 14.1 Å². The van der Waals surface area contributed by atoms with Gasteiger partial charge in [-0.25, -0.2) is 13.2 Å². The first-order chi connectivity index (χ1) is 14.0. The summed E-state index contributed by atoms with van der Waals surface area (Å²) >= 11 is 0. The van der Waals surface area contributed by atoms with Crippen LogP contribution in [0.2, 0.25) is 0 Å². The van der Waals surface area contributed by atoms with Crippen LogP contribution in [0, 0.1) is 0 Å². The van der Waals surface area contributed by atoms with Gasteiger partial charge in [-0.3, -0.25) is 0 Å². The number of sulfonamides is 1. The van der Waals surface area contributed by atoms with Crippen molar-refractivity contribution in [2.24, 2.45) is 0 Å². The maximum Gasteiger partial charge on any atom is 0.320 e. The first kappa shape index (κ1) is 21.7. The number of piperidine rings is 1. The Labute approximate surface area is 173 Å². The van der Waals surface area contributed by atoms with Crippen molar-refractivity contribution < 1.29 is 22.7 Å². The van der Waals surface area contributed by atoms with Crippen molar-refractivity contribution in [1.29, 1.82) is 0 Å². The van der Waals surface area contributed by atoms with Crippen LogP contribution < -0.4 is 9.47 Å². The van der Waals surface area contributed by atoms with E-state index in [-0.39, 0.29) is 10.9 Å². The SMILES string of the molecule is CCOc1ccc(S(=O)(=O)N2CCN(C(=O)N3CCCCC3)CC2)cc1OCC. The van der Waals surface area contributed by atoms with Crippen LogP contribution in [0.4, 0.5) is 4.79 Å². The molecule has 0 aromatic heterocycles. The summed E-state index contributed by atoms with van der Waals surface area (Å²) < 4.78 is 38.7. The van der Waals surface area contributed by atoms with Crippen molar-refractivity contribution in [3.8, 4) is 11.5 Å². The number of hydrogen-bond donors (Lipinski definition) is 0. The second kappa shape index (κ2) is 9.67. The predicted octanol–water partition coefficient (Wildman–Crippen LogP) is 2.40. The maximum absolute atomic E-state index is 13.1. The summed E-state index contributed by atoms with van der Waals surface area (Å²) in [5.41, 5.74) is 0. The van der Waals surface area contributed by atoms with Crippen LogP contribution in [0.15, 0.2) is 23.1 Å². The number of likely N-dealkylation sites (tertiary alicyclic amines) is 1. The quantitative estimate of drug-likeness (QED) is 0.699. The molecule has 8 nitrogen and oxygen atoms in total. The third-order valence-corrected chi connectivity index (χ3v) is 7.18. The van der Waals surface area contributed by atoms with Crippen LogP contribution in [-0.4, -0.2) is 81.0 Å². The van der Waals surface area contributed by atoms with Crippen LogP contribution in [0.3, 0.4) is 0 Å². The minimum Gasteiger partial charge on any atom is -0.490 e. The first-order valence-electron chi connectivity index (χ1n) is 10.4. The molecule has 1 aromatic rings. The molecule has 2 amide bonds. The molecule has 0 unspecified atom stereocenters. The van der Waals surface area contributed by atoms with E-state index in [0.717, 1.165) is 25.9 Å². The fourth-order valence-electron chi connectivity index (χ4n) is 3.75. The molecule has 0 spiro atoms. The number of benzene rings is 1. The number of amides is 2. The predicted molar refractivity (Wildman–Crippen MR) is 110 cm³/mol. The van der Waals surface area contributed by atoms with Crippen LogP contribution >= 0.6 is 0 Å². The number of piperazine rings is 1. The molecule has 9 heteroatoms. The minimum atomic E-state index is -3.66. The number of urea groups is 1. The van der Waals surface area contributed by atoms with Gasteiger partial charge in [0.1, 0.15) is 0 Å². The van der Waals surface area contributed by atoms with E-state index in [1.54, 1.807) is 17.0 Å². The second-order valence-corrected chi connectivity index (χ2v) is 9.13. The molecule has 2 fully saturated rings. The Morgan fingerprint density at radius 1 is 0.862 bits per heavy atom. The molecule has 0 aliphatic carbocycles. The number of carbonyl (C=O) groups excluding carboxylic acids is 1. The van der Waals surface area contributed by atoms with E-state index in [0.29, 0.717) is 50.9 Å². The van der Waals surface area contributed by atoms with Crippen LogP contribution in [0.5, 0.6) is 11.5 Å². The molecule has 0 radical (unpaired) electrons. The Morgan fingerprint density at radius 2 is 1.45 bits per heavy atom. The van der Waals surface area contributed by atoms with E-state index < -0.39 is 10.0 Å². The van der Waals surface area contributed by atoms with Gasteiger partial charge in [0.05, 0.1) is 18.1 Å². The summed E-state index contributed by atoms with van der Waals surface area (Å²) in [6.07, 6.45) is 3.25. The molecular weight excluding hydrogens is 394 g/mol. The molecule has 0 saturated carbocycles. The van der Waals surface area contributed by atoms with Gasteiger partial charge in [0.2, 0.25) is 10.0 Å². The molecule has 1 aromatic carbocycles. The highest BCUT2D eigenvalue weighted by atomic mass is 32.2. The van der Waals surface area contributed by atoms with Gasteiger partial charge in [0.25, 0.3) is 0 Å². The summed E-state index contributed by atoms with van der Waals surface area (Å²) in [6, 6.07) is 4.74. The molecule has 29 heavy (non-hydrogen) atoms. The monoisotopic (exact) mass is 425 g/mol. The first-order valence-corrected chi connectivity index (χ1v) is 11.8. The third kappa shape index (κ3) is 4.95. The summed E-state index contributed by atoms with van der Waals surface area (Å²) in [6.45, 7) is 7.58. The average Bonchev–Trinajstić information content (AvgIpc) is 2.75. The zero-order chi connectivity index (χ0) is 20.9. The molecule has 2 aliphatic rings. The largest absolute Gasteiger partial charge is 0.490 e. The lowest BCUT2D eigenvalue weighted by atomic mass is 10.1. The standard InChI is InChI=1S/C20H31N3O5S/c1-3-27-18-9-8-17(16-19(18)28-4-2)29(25,26)23-14-12-22(13-15-23)20(24)21-10-6-5-7-11-21/h8-9,16H,3-7,10-15H2,1-2H3. The molecule has 2 heterocycles. The van der Waals surface area contributed by atoms with Crippen molar-refractivity contribution in [3.05, 3.63) is 18.2 Å². The van der Waals surface area contributed by atoms with E-state index in [4.69, 9.17) is 9.47 Å². The van der Waals surface area contributed by atoms with E-state index in [9.17, 15) is 13.2 Å². The van der Waals surface area contributed by atoms with Crippen molar-refractivity contribution in [2.45, 2.75) is 38.0 Å². The van der Waals surface area contributed by atoms with Crippen molar-refractivity contribution >= 4 is 16.1 Å². The Hall–Kier alpha value is -2.00. The van der Waals surface area contributed by atoms with Gasteiger partial charge in [-0.2, -0.15) is 4.31 Å². The molecule has 3 rings (SSSR count). The zero-order valence-corrected chi connectivity index (χ0v) is 18.1. The number of rotatable bonds is 6. The van der Waals surface area contributed by atoms with E-state index >= 15 is 0 Å². The van der Waals surface area contributed by atoms with Gasteiger partial charge in [-0.1, -0.05) is 0 Å². The third-order valence-electron chi connectivity index (χ3n) is 5.29. The highest BCUT2D eigenvalue weighted by Crippen LogP contribution is 2.31. The Morgan fingerprint density at radius 3 is 2.07 bits per heavy atom. The van der Waals surface area contributed by atoms with Crippen LogP contribution in [-0.2, 0) is 10.0 Å². The Bertz CT molecular complexity index is 800. The topological polar surface area (TPSA) is 79.4 Å². The molecule has 2 aliphatic heterocycles. The fourth-order valence-corrected chi connectivity index (χ4v) is 5.18. The van der Waals surface area contributed by atoms with Gasteiger partial charge in [-0.15, -0.1) is 0 Å². The Kier molecular flexibility index (Phi) is 7.23. The summed E-state index contributed by atoms with van der Waals surface area (Å²) in [7, 11) is -3.66. The summed E-state index contributed by atoms with van der Waals surface area (Å²) in [5, 5.41) is 0. The number of nitrogens with zero attached hydrogens (tertiary/aromatic N) is 3. The van der Waals surface area contributed by atoms with Crippen molar-refractivity contribution in [3.63, 3.8) is 0 Å². The van der Waals surface area contributed by atoms with Gasteiger partial charge >= 0.3 is 6.03 Å². The molecule has 0 bridgehead atoms. The van der Waals surface area contributed by atoms with Gasteiger partial charge < -0.3 is 19.3 Å². The number of carbonyl (C=O) groups is 1. The van der Waals surface area contributed by atoms with E-state index in [1.165, 1.54) is 16.8 Å². The highest BCUT2D eigenvalue weighted by molar-refractivity contribution is 7.89. The molecule has 0 atom stereocenters. The molecule has 2 saturated heterocycles. The van der Waals surface area contributed by atoms with Gasteiger partial charge in [-0.05, 0) is 45.2 Å². The maximum atomic E-state index is 13.1.